The minimum atomic E-state index is -4.56. The average molecular weight is 450 g/mol. The van der Waals surface area contributed by atoms with Gasteiger partial charge in [-0.2, -0.15) is 23.4 Å². The summed E-state index contributed by atoms with van der Waals surface area (Å²) in [5, 5.41) is 11.6. The van der Waals surface area contributed by atoms with E-state index in [1.54, 1.807) is 19.9 Å². The molecule has 0 bridgehead atoms. The number of H-pyrrole nitrogens is 1. The lowest BCUT2D eigenvalue weighted by Gasteiger charge is -2.21. The molecule has 0 aliphatic carbocycles. The Labute approximate surface area is 175 Å². The van der Waals surface area contributed by atoms with Crippen LogP contribution in [0.3, 0.4) is 0 Å². The van der Waals surface area contributed by atoms with Crippen molar-refractivity contribution in [1.29, 1.82) is 0 Å². The summed E-state index contributed by atoms with van der Waals surface area (Å²) in [7, 11) is -2.66. The predicted molar refractivity (Wildman–Crippen MR) is 108 cm³/mol. The number of anilines is 1. The van der Waals surface area contributed by atoms with Gasteiger partial charge in [-0.25, -0.2) is 18.1 Å². The van der Waals surface area contributed by atoms with Crippen molar-refractivity contribution in [3.63, 3.8) is 0 Å². The highest BCUT2D eigenvalue weighted by Crippen LogP contribution is 2.34. The molecule has 0 aliphatic rings. The summed E-state index contributed by atoms with van der Waals surface area (Å²) in [6.45, 7) is 3.54. The normalized spacial score (nSPS) is 12.5. The van der Waals surface area contributed by atoms with Crippen molar-refractivity contribution in [2.24, 2.45) is 0 Å². The number of aromatic nitrogens is 5. The van der Waals surface area contributed by atoms with E-state index in [0.717, 1.165) is 45.3 Å². The summed E-state index contributed by atoms with van der Waals surface area (Å²) in [5.74, 6) is -0.150. The van der Waals surface area contributed by atoms with Crippen LogP contribution in [0.25, 0.3) is 16.7 Å². The largest absolute Gasteiger partial charge is 0.416 e. The Morgan fingerprint density at radius 2 is 1.90 bits per heavy atom. The van der Waals surface area contributed by atoms with Crippen molar-refractivity contribution in [2.45, 2.75) is 24.9 Å². The molecule has 0 amide bonds. The van der Waals surface area contributed by atoms with Crippen LogP contribution in [0, 0.1) is 13.8 Å². The van der Waals surface area contributed by atoms with Crippen LogP contribution >= 0.6 is 0 Å². The summed E-state index contributed by atoms with van der Waals surface area (Å²) in [6.07, 6.45) is -1.36. The summed E-state index contributed by atoms with van der Waals surface area (Å²) in [6, 6.07) is 5.21. The molecular weight excluding hydrogens is 433 g/mol. The second-order valence-corrected chi connectivity index (χ2v) is 8.93. The molecule has 3 aromatic heterocycles. The highest BCUT2D eigenvalue weighted by molar-refractivity contribution is 7.92. The van der Waals surface area contributed by atoms with E-state index in [-0.39, 0.29) is 10.7 Å². The topological polar surface area (TPSA) is 96.8 Å². The number of nitrogens with zero attached hydrogens (tertiary/aromatic N) is 5. The lowest BCUT2D eigenvalue weighted by atomic mass is 10.1. The molecule has 8 nitrogen and oxygen atoms in total. The van der Waals surface area contributed by atoms with Crippen LogP contribution in [0.2, 0.25) is 0 Å². The third kappa shape index (κ3) is 3.52. The summed E-state index contributed by atoms with van der Waals surface area (Å²) >= 11 is 0. The van der Waals surface area contributed by atoms with Crippen LogP contribution in [-0.4, -0.2) is 40.4 Å². The molecule has 12 heteroatoms. The molecule has 0 atom stereocenters. The molecule has 0 unspecified atom stereocenters. The quantitative estimate of drug-likeness (QED) is 0.512. The van der Waals surface area contributed by atoms with Gasteiger partial charge in [-0.15, -0.1) is 0 Å². The van der Waals surface area contributed by atoms with E-state index in [1.807, 2.05) is 6.07 Å². The maximum atomic E-state index is 13.3. The van der Waals surface area contributed by atoms with Gasteiger partial charge >= 0.3 is 6.18 Å². The molecule has 31 heavy (non-hydrogen) atoms. The lowest BCUT2D eigenvalue weighted by molar-refractivity contribution is -0.137. The number of halogens is 3. The summed E-state index contributed by atoms with van der Waals surface area (Å²) < 4.78 is 67.6. The van der Waals surface area contributed by atoms with E-state index in [4.69, 9.17) is 0 Å². The Balaban J connectivity index is 1.76. The van der Waals surface area contributed by atoms with E-state index in [2.05, 4.69) is 20.3 Å². The zero-order valence-electron chi connectivity index (χ0n) is 16.6. The number of aryl methyl sites for hydroxylation is 2. The van der Waals surface area contributed by atoms with Gasteiger partial charge in [-0.05, 0) is 37.6 Å². The van der Waals surface area contributed by atoms with Crippen molar-refractivity contribution < 1.29 is 21.6 Å². The molecular formula is C19H17F3N6O2S. The third-order valence-electron chi connectivity index (χ3n) is 4.93. The summed E-state index contributed by atoms with van der Waals surface area (Å²) in [5.41, 5.74) is 1.58. The van der Waals surface area contributed by atoms with Gasteiger partial charge in [0.05, 0.1) is 34.9 Å². The molecule has 0 fully saturated rings. The summed E-state index contributed by atoms with van der Waals surface area (Å²) in [4.78, 5) is 3.67. The van der Waals surface area contributed by atoms with Gasteiger partial charge in [0.15, 0.2) is 5.82 Å². The minimum absolute atomic E-state index is 0.150. The van der Waals surface area contributed by atoms with E-state index < -0.39 is 21.8 Å². The first-order valence-corrected chi connectivity index (χ1v) is 10.5. The second kappa shape index (κ2) is 7.08. The molecule has 0 radical (unpaired) electrons. The number of nitrogens with one attached hydrogen (secondary N) is 1. The predicted octanol–water partition coefficient (Wildman–Crippen LogP) is 3.60. The fourth-order valence-electron chi connectivity index (χ4n) is 3.32. The number of aromatic amines is 1. The Hall–Kier alpha value is -3.41. The van der Waals surface area contributed by atoms with Crippen molar-refractivity contribution >= 4 is 26.6 Å². The van der Waals surface area contributed by atoms with Crippen LogP contribution < -0.4 is 4.31 Å². The van der Waals surface area contributed by atoms with Gasteiger partial charge in [0.25, 0.3) is 10.0 Å². The molecule has 1 N–H and O–H groups in total. The van der Waals surface area contributed by atoms with Crippen LogP contribution in [0.15, 0.2) is 47.8 Å². The van der Waals surface area contributed by atoms with Gasteiger partial charge in [0.2, 0.25) is 0 Å². The first kappa shape index (κ1) is 20.8. The van der Waals surface area contributed by atoms with Crippen LogP contribution in [-0.2, 0) is 16.2 Å². The molecule has 0 saturated heterocycles. The maximum Gasteiger partial charge on any atom is 0.416 e. The Morgan fingerprint density at radius 3 is 2.61 bits per heavy atom. The zero-order chi connectivity index (χ0) is 22.6. The van der Waals surface area contributed by atoms with E-state index >= 15 is 0 Å². The van der Waals surface area contributed by atoms with Gasteiger partial charge in [0.1, 0.15) is 4.90 Å². The molecule has 4 rings (SSSR count). The number of benzene rings is 1. The number of rotatable bonds is 4. The minimum Gasteiger partial charge on any atom is -0.277 e. The lowest BCUT2D eigenvalue weighted by Crippen LogP contribution is -2.27. The Bertz CT molecular complexity index is 1390. The van der Waals surface area contributed by atoms with Crippen LogP contribution in [0.4, 0.5) is 18.9 Å². The zero-order valence-corrected chi connectivity index (χ0v) is 17.5. The SMILES string of the molecule is Cc1ccc2[nH]nc(C)c2c1N(C)S(=O)(=O)c1cnn(-c2cc(C(F)(F)F)ccn2)c1. The Morgan fingerprint density at radius 1 is 1.16 bits per heavy atom. The monoisotopic (exact) mass is 450 g/mol. The van der Waals surface area contributed by atoms with Gasteiger partial charge in [-0.3, -0.25) is 9.40 Å². The average Bonchev–Trinajstić information content (AvgIpc) is 3.35. The van der Waals surface area contributed by atoms with E-state index in [0.29, 0.717) is 22.3 Å². The number of hydrogen-bond donors (Lipinski definition) is 1. The Kier molecular flexibility index (Phi) is 4.76. The van der Waals surface area contributed by atoms with Crippen LogP contribution in [0.5, 0.6) is 0 Å². The second-order valence-electron chi connectivity index (χ2n) is 6.96. The van der Waals surface area contributed by atoms with Crippen molar-refractivity contribution in [3.05, 3.63) is 59.7 Å². The van der Waals surface area contributed by atoms with E-state index in [9.17, 15) is 21.6 Å². The van der Waals surface area contributed by atoms with E-state index in [1.165, 1.54) is 7.05 Å². The molecule has 0 saturated carbocycles. The molecule has 3 heterocycles. The fourth-order valence-corrected chi connectivity index (χ4v) is 4.53. The number of sulfonamides is 1. The van der Waals surface area contributed by atoms with Crippen molar-refractivity contribution in [1.82, 2.24) is 25.0 Å². The molecule has 162 valence electrons. The first-order chi connectivity index (χ1) is 14.5. The standard InChI is InChI=1S/C19H17F3N6O2S/c1-11-4-5-15-17(12(2)25-26-15)18(11)27(3)31(29,30)14-9-24-28(10-14)16-8-13(6-7-23-16)19(20,21)22/h4-10H,1-3H3,(H,25,26). The molecule has 4 aromatic rings. The van der Waals surface area contributed by atoms with Gasteiger partial charge < -0.3 is 0 Å². The number of alkyl halides is 3. The highest BCUT2D eigenvalue weighted by Gasteiger charge is 2.31. The molecule has 0 aliphatic heterocycles. The molecule has 0 spiro atoms. The highest BCUT2D eigenvalue weighted by atomic mass is 32.2. The van der Waals surface area contributed by atoms with Crippen molar-refractivity contribution in [2.75, 3.05) is 11.4 Å². The van der Waals surface area contributed by atoms with Gasteiger partial charge in [-0.1, -0.05) is 6.07 Å². The van der Waals surface area contributed by atoms with Crippen molar-refractivity contribution in [3.8, 4) is 5.82 Å². The maximum absolute atomic E-state index is 13.3. The number of pyridine rings is 1. The number of fused-ring (bicyclic) bond motifs is 1. The number of hydrogen-bond acceptors (Lipinski definition) is 5. The third-order valence-corrected chi connectivity index (χ3v) is 6.64. The fraction of sp³-hybridized carbons (Fsp3) is 0.211. The first-order valence-electron chi connectivity index (χ1n) is 9.01. The molecule has 1 aromatic carbocycles. The van der Waals surface area contributed by atoms with Crippen LogP contribution in [0.1, 0.15) is 16.8 Å². The van der Waals surface area contributed by atoms with Gasteiger partial charge in [0, 0.05) is 18.6 Å². The smallest absolute Gasteiger partial charge is 0.277 e.